The van der Waals surface area contributed by atoms with Crippen molar-refractivity contribution in [3.05, 3.63) is 83.2 Å². The maximum absolute atomic E-state index is 13.2. The van der Waals surface area contributed by atoms with Gasteiger partial charge in [0.1, 0.15) is 17.2 Å². The molecule has 0 spiro atoms. The Balaban J connectivity index is 1.92. The Morgan fingerprint density at radius 2 is 1.90 bits per heavy atom. The highest BCUT2D eigenvalue weighted by molar-refractivity contribution is 7.92. The molecule has 0 bridgehead atoms. The molecule has 3 rings (SSSR count). The number of amides is 1. The summed E-state index contributed by atoms with van der Waals surface area (Å²) in [4.78, 5) is 26.7. The van der Waals surface area contributed by atoms with E-state index < -0.39 is 27.4 Å². The summed E-state index contributed by atoms with van der Waals surface area (Å²) in [5, 5.41) is 13.4. The molecular weight excluding hydrogens is 424 g/mol. The van der Waals surface area contributed by atoms with Crippen molar-refractivity contribution in [1.29, 1.82) is 0 Å². The number of rotatable bonds is 8. The van der Waals surface area contributed by atoms with Crippen molar-refractivity contribution in [3.63, 3.8) is 0 Å². The van der Waals surface area contributed by atoms with Gasteiger partial charge in [-0.15, -0.1) is 0 Å². The number of hydrogen-bond donors (Lipinski definition) is 1. The maximum Gasteiger partial charge on any atom is 0.271 e. The van der Waals surface area contributed by atoms with Gasteiger partial charge in [0.2, 0.25) is 5.91 Å². The van der Waals surface area contributed by atoms with Crippen LogP contribution in [0.25, 0.3) is 0 Å². The fraction of sp³-hybridized carbons (Fsp3) is 0.100. The Hall–Kier alpha value is -3.99. The number of nitro groups is 1. The average Bonchev–Trinajstić information content (AvgIpc) is 2.78. The van der Waals surface area contributed by atoms with Gasteiger partial charge in [0.25, 0.3) is 15.7 Å². The normalized spacial score (nSPS) is 10.9. The molecule has 0 aliphatic rings. The second kappa shape index (κ2) is 9.22. The summed E-state index contributed by atoms with van der Waals surface area (Å²) in [5.74, 6) is -0.160. The van der Waals surface area contributed by atoms with Crippen LogP contribution in [0.3, 0.4) is 0 Å². The van der Waals surface area contributed by atoms with Crippen LogP contribution in [0, 0.1) is 10.1 Å². The van der Waals surface area contributed by atoms with E-state index in [0.29, 0.717) is 5.75 Å². The van der Waals surface area contributed by atoms with E-state index in [-0.39, 0.29) is 22.0 Å². The number of carbonyl (C=O) groups is 1. The molecule has 0 unspecified atom stereocenters. The van der Waals surface area contributed by atoms with Crippen LogP contribution in [0.15, 0.2) is 78.0 Å². The van der Waals surface area contributed by atoms with Crippen LogP contribution in [0.1, 0.15) is 0 Å². The fourth-order valence-corrected chi connectivity index (χ4v) is 4.10. The highest BCUT2D eigenvalue weighted by Crippen LogP contribution is 2.26. The van der Waals surface area contributed by atoms with Gasteiger partial charge in [0, 0.05) is 30.2 Å². The van der Waals surface area contributed by atoms with Gasteiger partial charge >= 0.3 is 0 Å². The third-order valence-corrected chi connectivity index (χ3v) is 5.97. The summed E-state index contributed by atoms with van der Waals surface area (Å²) in [6.07, 6.45) is 2.62. The number of nitrogens with zero attached hydrogens (tertiary/aromatic N) is 3. The summed E-state index contributed by atoms with van der Waals surface area (Å²) >= 11 is 0. The average molecular weight is 442 g/mol. The van der Waals surface area contributed by atoms with Crippen molar-refractivity contribution in [2.24, 2.45) is 0 Å². The number of anilines is 2. The first-order valence-corrected chi connectivity index (χ1v) is 10.4. The third-order valence-electron chi connectivity index (χ3n) is 4.21. The summed E-state index contributed by atoms with van der Waals surface area (Å²) in [6, 6.07) is 14.4. The number of aromatic nitrogens is 1. The minimum absolute atomic E-state index is 0.0889. The molecule has 0 aliphatic heterocycles. The Morgan fingerprint density at radius 3 is 2.52 bits per heavy atom. The van der Waals surface area contributed by atoms with Gasteiger partial charge in [-0.05, 0) is 42.5 Å². The smallest absolute Gasteiger partial charge is 0.271 e. The number of benzene rings is 2. The zero-order valence-electron chi connectivity index (χ0n) is 16.3. The highest BCUT2D eigenvalue weighted by atomic mass is 32.2. The topological polar surface area (TPSA) is 132 Å². The van der Waals surface area contributed by atoms with Crippen LogP contribution in [0.4, 0.5) is 17.1 Å². The lowest BCUT2D eigenvalue weighted by Gasteiger charge is -2.24. The summed E-state index contributed by atoms with van der Waals surface area (Å²) in [7, 11) is -2.64. The van der Waals surface area contributed by atoms with Gasteiger partial charge in [0.15, 0.2) is 0 Å². The Morgan fingerprint density at radius 1 is 1.16 bits per heavy atom. The minimum Gasteiger partial charge on any atom is -0.497 e. The molecule has 0 fully saturated rings. The largest absolute Gasteiger partial charge is 0.497 e. The molecule has 1 amide bonds. The summed E-state index contributed by atoms with van der Waals surface area (Å²) in [5.41, 5.74) is 0.208. The number of pyridine rings is 1. The summed E-state index contributed by atoms with van der Waals surface area (Å²) in [6.45, 7) is -0.563. The number of nitrogens with one attached hydrogen (secondary N) is 1. The molecule has 2 aromatic carbocycles. The number of ether oxygens (including phenoxy) is 1. The standard InChI is InChI=1S/C20H18N4O6S/c1-30-18-9-7-16(8-10-18)23(31(28,29)19-6-3-11-21-13-19)14-20(25)22-15-4-2-5-17(12-15)24(26)27/h2-13H,14H2,1H3,(H,22,25). The van der Waals surface area contributed by atoms with Gasteiger partial charge in [-0.3, -0.25) is 24.2 Å². The van der Waals surface area contributed by atoms with Gasteiger partial charge in [-0.1, -0.05) is 6.07 Å². The molecule has 3 aromatic rings. The lowest BCUT2D eigenvalue weighted by molar-refractivity contribution is -0.384. The third kappa shape index (κ3) is 5.14. The van der Waals surface area contributed by atoms with Crippen molar-refractivity contribution in [3.8, 4) is 5.75 Å². The van der Waals surface area contributed by atoms with E-state index >= 15 is 0 Å². The Labute approximate surface area is 178 Å². The van der Waals surface area contributed by atoms with E-state index in [1.165, 1.54) is 68.0 Å². The van der Waals surface area contributed by atoms with Gasteiger partial charge < -0.3 is 10.1 Å². The van der Waals surface area contributed by atoms with Crippen LogP contribution in [-0.4, -0.2) is 37.9 Å². The van der Waals surface area contributed by atoms with Crippen LogP contribution in [-0.2, 0) is 14.8 Å². The predicted molar refractivity (Wildman–Crippen MR) is 113 cm³/mol. The van der Waals surface area contributed by atoms with Gasteiger partial charge in [0.05, 0.1) is 17.7 Å². The van der Waals surface area contributed by atoms with Crippen LogP contribution in [0.2, 0.25) is 0 Å². The van der Waals surface area contributed by atoms with E-state index in [9.17, 15) is 23.3 Å². The highest BCUT2D eigenvalue weighted by Gasteiger charge is 2.27. The molecule has 0 saturated heterocycles. The second-order valence-electron chi connectivity index (χ2n) is 6.25. The molecule has 0 radical (unpaired) electrons. The Bertz CT molecular complexity index is 1180. The molecule has 0 aliphatic carbocycles. The van der Waals surface area contributed by atoms with E-state index in [1.54, 1.807) is 12.1 Å². The first kappa shape index (κ1) is 21.7. The van der Waals surface area contributed by atoms with Crippen LogP contribution in [0.5, 0.6) is 5.75 Å². The van der Waals surface area contributed by atoms with Crippen molar-refractivity contribution >= 4 is 33.0 Å². The molecule has 1 aromatic heterocycles. The van der Waals surface area contributed by atoms with Gasteiger partial charge in [-0.25, -0.2) is 8.42 Å². The van der Waals surface area contributed by atoms with E-state index in [1.807, 2.05) is 0 Å². The molecule has 31 heavy (non-hydrogen) atoms. The van der Waals surface area contributed by atoms with Crippen LogP contribution >= 0.6 is 0 Å². The number of sulfonamides is 1. The first-order chi connectivity index (χ1) is 14.8. The fourth-order valence-electron chi connectivity index (χ4n) is 2.72. The number of nitro benzene ring substituents is 1. The van der Waals surface area contributed by atoms with Crippen molar-refractivity contribution in [2.75, 3.05) is 23.3 Å². The van der Waals surface area contributed by atoms with E-state index in [0.717, 1.165) is 4.31 Å². The molecule has 0 atom stereocenters. The molecule has 11 heteroatoms. The number of methoxy groups -OCH3 is 1. The van der Waals surface area contributed by atoms with Crippen molar-refractivity contribution < 1.29 is 22.9 Å². The quantitative estimate of drug-likeness (QED) is 0.419. The number of non-ortho nitro benzene ring substituents is 1. The molecular formula is C20H18N4O6S. The molecule has 160 valence electrons. The second-order valence-corrected chi connectivity index (χ2v) is 8.12. The molecule has 10 nitrogen and oxygen atoms in total. The number of hydrogen-bond acceptors (Lipinski definition) is 7. The summed E-state index contributed by atoms with van der Waals surface area (Å²) < 4.78 is 32.4. The number of carbonyl (C=O) groups excluding carboxylic acids is 1. The molecule has 1 N–H and O–H groups in total. The molecule has 0 saturated carbocycles. The lowest BCUT2D eigenvalue weighted by atomic mass is 10.2. The lowest BCUT2D eigenvalue weighted by Crippen LogP contribution is -2.38. The van der Waals surface area contributed by atoms with Crippen molar-refractivity contribution in [1.82, 2.24) is 4.98 Å². The first-order valence-electron chi connectivity index (χ1n) is 8.92. The molecule has 1 heterocycles. The van der Waals surface area contributed by atoms with Gasteiger partial charge in [-0.2, -0.15) is 0 Å². The van der Waals surface area contributed by atoms with E-state index in [2.05, 4.69) is 10.3 Å². The SMILES string of the molecule is COc1ccc(N(CC(=O)Nc2cccc([N+](=O)[O-])c2)S(=O)(=O)c2cccnc2)cc1. The zero-order chi connectivity index (χ0) is 22.4. The monoisotopic (exact) mass is 442 g/mol. The predicted octanol–water partition coefficient (Wildman–Crippen LogP) is 2.83. The van der Waals surface area contributed by atoms with Crippen molar-refractivity contribution in [2.45, 2.75) is 4.90 Å². The minimum atomic E-state index is -4.12. The van der Waals surface area contributed by atoms with E-state index in [4.69, 9.17) is 4.74 Å². The Kier molecular flexibility index (Phi) is 6.46. The zero-order valence-corrected chi connectivity index (χ0v) is 17.2. The van der Waals surface area contributed by atoms with Crippen LogP contribution < -0.4 is 14.4 Å². The maximum atomic E-state index is 13.2.